The Morgan fingerprint density at radius 1 is 1.25 bits per heavy atom. The summed E-state index contributed by atoms with van der Waals surface area (Å²) in [6, 6.07) is 9.18. The number of nitrogens with one attached hydrogen (secondary N) is 1. The quantitative estimate of drug-likeness (QED) is 0.516. The van der Waals surface area contributed by atoms with Gasteiger partial charge in [-0.1, -0.05) is 12.1 Å². The Hall–Kier alpha value is -3.29. The molecule has 0 radical (unpaired) electrons. The highest BCUT2D eigenvalue weighted by Crippen LogP contribution is 2.21. The molecule has 1 N–H and O–H groups in total. The summed E-state index contributed by atoms with van der Waals surface area (Å²) in [5.41, 5.74) is 0.471. The minimum atomic E-state index is -0.955. The van der Waals surface area contributed by atoms with E-state index >= 15 is 0 Å². The summed E-state index contributed by atoms with van der Waals surface area (Å²) < 4.78 is 18.2. The number of nitro groups is 1. The Kier molecular flexibility index (Phi) is 5.20. The number of nitro benzene ring substituents is 1. The summed E-state index contributed by atoms with van der Waals surface area (Å²) >= 11 is 0. The van der Waals surface area contributed by atoms with E-state index < -0.39 is 29.2 Å². The maximum atomic E-state index is 13.4. The van der Waals surface area contributed by atoms with Crippen LogP contribution in [-0.2, 0) is 9.53 Å². The van der Waals surface area contributed by atoms with Gasteiger partial charge in [-0.15, -0.1) is 0 Å². The molecule has 0 atom stereocenters. The zero-order valence-corrected chi connectivity index (χ0v) is 12.6. The number of ether oxygens (including phenoxy) is 1. The van der Waals surface area contributed by atoms with E-state index in [1.54, 1.807) is 6.92 Å². The summed E-state index contributed by atoms with van der Waals surface area (Å²) in [5.74, 6) is -2.34. The zero-order chi connectivity index (χ0) is 17.7. The molecule has 0 saturated carbocycles. The maximum Gasteiger partial charge on any atom is 0.341 e. The van der Waals surface area contributed by atoms with Crippen molar-refractivity contribution < 1.29 is 23.6 Å². The van der Waals surface area contributed by atoms with Gasteiger partial charge in [-0.05, 0) is 30.7 Å². The van der Waals surface area contributed by atoms with Gasteiger partial charge in [0.05, 0.1) is 10.5 Å². The van der Waals surface area contributed by atoms with Crippen LogP contribution >= 0.6 is 0 Å². The average Bonchev–Trinajstić information content (AvgIpc) is 2.54. The van der Waals surface area contributed by atoms with Crippen LogP contribution in [0.3, 0.4) is 0 Å². The number of amides is 1. The number of carbonyl (C=O) groups excluding carboxylic acids is 2. The van der Waals surface area contributed by atoms with Crippen LogP contribution in [0, 0.1) is 22.9 Å². The Morgan fingerprint density at radius 2 is 1.96 bits per heavy atom. The van der Waals surface area contributed by atoms with Gasteiger partial charge in [-0.3, -0.25) is 14.9 Å². The summed E-state index contributed by atoms with van der Waals surface area (Å²) in [6.07, 6.45) is 0. The van der Waals surface area contributed by atoms with E-state index in [4.69, 9.17) is 4.74 Å². The first-order valence-corrected chi connectivity index (χ1v) is 6.85. The van der Waals surface area contributed by atoms with Gasteiger partial charge in [-0.25, -0.2) is 9.18 Å². The van der Waals surface area contributed by atoms with Gasteiger partial charge in [0, 0.05) is 17.8 Å². The lowest BCUT2D eigenvalue weighted by molar-refractivity contribution is -0.384. The molecular weight excluding hydrogens is 319 g/mol. The SMILES string of the molecule is Cc1cc([N+](=O)[O-])ccc1NC(=O)COC(=O)c1ccccc1F. The number of hydrogen-bond acceptors (Lipinski definition) is 5. The first-order valence-electron chi connectivity index (χ1n) is 6.85. The number of nitrogens with zero attached hydrogens (tertiary/aromatic N) is 1. The van der Waals surface area contributed by atoms with E-state index in [9.17, 15) is 24.1 Å². The standard InChI is InChI=1S/C16H13FN2O5/c1-10-8-11(19(22)23)6-7-14(10)18-15(20)9-24-16(21)12-4-2-3-5-13(12)17/h2-8H,9H2,1H3,(H,18,20). The Morgan fingerprint density at radius 3 is 2.58 bits per heavy atom. The molecule has 0 heterocycles. The van der Waals surface area contributed by atoms with Gasteiger partial charge in [0.15, 0.2) is 6.61 Å². The van der Waals surface area contributed by atoms with E-state index in [0.29, 0.717) is 11.3 Å². The lowest BCUT2D eigenvalue weighted by atomic mass is 10.2. The number of hydrogen-bond donors (Lipinski definition) is 1. The van der Waals surface area contributed by atoms with Crippen molar-refractivity contribution in [3.8, 4) is 0 Å². The van der Waals surface area contributed by atoms with Crippen molar-refractivity contribution >= 4 is 23.3 Å². The second-order valence-electron chi connectivity index (χ2n) is 4.86. The van der Waals surface area contributed by atoms with Crippen LogP contribution in [0.25, 0.3) is 0 Å². The highest BCUT2D eigenvalue weighted by Gasteiger charge is 2.15. The van der Waals surface area contributed by atoms with Crippen LogP contribution in [0.5, 0.6) is 0 Å². The fraction of sp³-hybridized carbons (Fsp3) is 0.125. The third-order valence-corrected chi connectivity index (χ3v) is 3.12. The van der Waals surface area contributed by atoms with E-state index in [1.807, 2.05) is 0 Å². The molecule has 0 aromatic heterocycles. The minimum absolute atomic E-state index is 0.100. The smallest absolute Gasteiger partial charge is 0.341 e. The molecule has 2 rings (SSSR count). The number of esters is 1. The van der Waals surface area contributed by atoms with Crippen LogP contribution in [0.15, 0.2) is 42.5 Å². The van der Waals surface area contributed by atoms with E-state index in [1.165, 1.54) is 36.4 Å². The Labute approximate surface area is 136 Å². The van der Waals surface area contributed by atoms with Gasteiger partial charge < -0.3 is 10.1 Å². The molecule has 124 valence electrons. The fourth-order valence-electron chi connectivity index (χ4n) is 1.92. The molecule has 0 unspecified atom stereocenters. The summed E-state index contributed by atoms with van der Waals surface area (Å²) in [7, 11) is 0. The highest BCUT2D eigenvalue weighted by atomic mass is 19.1. The summed E-state index contributed by atoms with van der Waals surface area (Å²) in [4.78, 5) is 33.6. The van der Waals surface area contributed by atoms with Crippen LogP contribution in [0.4, 0.5) is 15.8 Å². The van der Waals surface area contributed by atoms with E-state index in [-0.39, 0.29) is 11.3 Å². The number of aryl methyl sites for hydroxylation is 1. The zero-order valence-electron chi connectivity index (χ0n) is 12.6. The second-order valence-corrected chi connectivity index (χ2v) is 4.86. The van der Waals surface area contributed by atoms with Crippen LogP contribution < -0.4 is 5.32 Å². The molecular formula is C16H13FN2O5. The molecule has 0 aliphatic carbocycles. The molecule has 1 amide bonds. The van der Waals surface area contributed by atoms with Gasteiger partial charge in [0.1, 0.15) is 5.82 Å². The largest absolute Gasteiger partial charge is 0.452 e. The van der Waals surface area contributed by atoms with Crippen molar-refractivity contribution in [1.82, 2.24) is 0 Å². The van der Waals surface area contributed by atoms with Crippen molar-refractivity contribution in [3.05, 3.63) is 69.5 Å². The van der Waals surface area contributed by atoms with E-state index in [2.05, 4.69) is 5.32 Å². The monoisotopic (exact) mass is 332 g/mol. The van der Waals surface area contributed by atoms with Gasteiger partial charge in [0.25, 0.3) is 11.6 Å². The predicted molar refractivity (Wildman–Crippen MR) is 83.1 cm³/mol. The maximum absolute atomic E-state index is 13.4. The molecule has 7 nitrogen and oxygen atoms in total. The van der Waals surface area contributed by atoms with Gasteiger partial charge in [0.2, 0.25) is 0 Å². The van der Waals surface area contributed by atoms with Crippen molar-refractivity contribution in [2.45, 2.75) is 6.92 Å². The van der Waals surface area contributed by atoms with Crippen molar-refractivity contribution in [2.75, 3.05) is 11.9 Å². The Balaban J connectivity index is 1.95. The predicted octanol–water partition coefficient (Wildman–Crippen LogP) is 2.84. The normalized spacial score (nSPS) is 10.1. The summed E-state index contributed by atoms with van der Waals surface area (Å²) in [5, 5.41) is 13.1. The summed E-state index contributed by atoms with van der Waals surface area (Å²) in [6.45, 7) is 0.984. The van der Waals surface area contributed by atoms with Crippen LogP contribution in [0.1, 0.15) is 15.9 Å². The van der Waals surface area contributed by atoms with Gasteiger partial charge >= 0.3 is 5.97 Å². The van der Waals surface area contributed by atoms with E-state index in [0.717, 1.165) is 6.07 Å². The molecule has 0 saturated heterocycles. The number of carbonyl (C=O) groups is 2. The molecule has 0 spiro atoms. The minimum Gasteiger partial charge on any atom is -0.452 e. The number of anilines is 1. The number of rotatable bonds is 5. The van der Waals surface area contributed by atoms with Gasteiger partial charge in [-0.2, -0.15) is 0 Å². The number of halogens is 1. The lowest BCUT2D eigenvalue weighted by Crippen LogP contribution is -2.21. The molecule has 0 fully saturated rings. The third kappa shape index (κ3) is 4.13. The van der Waals surface area contributed by atoms with Crippen LogP contribution in [-0.4, -0.2) is 23.4 Å². The molecule has 2 aromatic carbocycles. The molecule has 24 heavy (non-hydrogen) atoms. The fourth-order valence-corrected chi connectivity index (χ4v) is 1.92. The third-order valence-electron chi connectivity index (χ3n) is 3.12. The highest BCUT2D eigenvalue weighted by molar-refractivity contribution is 5.96. The van der Waals surface area contributed by atoms with Crippen molar-refractivity contribution in [1.29, 1.82) is 0 Å². The lowest BCUT2D eigenvalue weighted by Gasteiger charge is -2.09. The number of benzene rings is 2. The van der Waals surface area contributed by atoms with Crippen molar-refractivity contribution in [2.24, 2.45) is 0 Å². The first-order chi connectivity index (χ1) is 11.4. The number of non-ortho nitro benzene ring substituents is 1. The molecule has 8 heteroatoms. The molecule has 2 aromatic rings. The first kappa shape index (κ1) is 17.1. The Bertz CT molecular complexity index is 807. The second kappa shape index (κ2) is 7.32. The molecule has 0 aliphatic heterocycles. The van der Waals surface area contributed by atoms with Crippen LogP contribution in [0.2, 0.25) is 0 Å². The average molecular weight is 332 g/mol. The molecule has 0 aliphatic rings. The topological polar surface area (TPSA) is 98.5 Å². The van der Waals surface area contributed by atoms with Crippen molar-refractivity contribution in [3.63, 3.8) is 0 Å². The molecule has 0 bridgehead atoms.